The third-order valence-corrected chi connectivity index (χ3v) is 2.72. The van der Waals surface area contributed by atoms with Gasteiger partial charge in [-0.1, -0.05) is 19.4 Å². The van der Waals surface area contributed by atoms with Gasteiger partial charge in [0.2, 0.25) is 0 Å². The van der Waals surface area contributed by atoms with Gasteiger partial charge in [0.15, 0.2) is 0 Å². The Bertz CT molecular complexity index is 523. The summed E-state index contributed by atoms with van der Waals surface area (Å²) in [6, 6.07) is 6.72. The number of nitrogens with one attached hydrogen (secondary N) is 1. The van der Waals surface area contributed by atoms with Gasteiger partial charge in [-0.3, -0.25) is 9.59 Å². The lowest BCUT2D eigenvalue weighted by atomic mass is 10.2. The molecule has 5 heteroatoms. The maximum atomic E-state index is 11.7. The van der Waals surface area contributed by atoms with E-state index in [1.54, 1.807) is 31.2 Å². The molecule has 0 saturated heterocycles. The fourth-order valence-corrected chi connectivity index (χ4v) is 1.56. The molecule has 1 aromatic carbocycles. The van der Waals surface area contributed by atoms with E-state index in [2.05, 4.69) is 5.32 Å². The first-order valence-corrected chi connectivity index (χ1v) is 6.89. The van der Waals surface area contributed by atoms with Crippen LogP contribution in [0.5, 0.6) is 5.75 Å². The van der Waals surface area contributed by atoms with Gasteiger partial charge in [0.1, 0.15) is 5.75 Å². The number of hydrogen-bond acceptors (Lipinski definition) is 4. The monoisotopic (exact) mass is 291 g/mol. The van der Waals surface area contributed by atoms with Crippen LogP contribution in [-0.4, -0.2) is 19.0 Å². The van der Waals surface area contributed by atoms with Crippen molar-refractivity contribution in [2.75, 3.05) is 12.4 Å². The van der Waals surface area contributed by atoms with Crippen molar-refractivity contribution in [1.29, 1.82) is 0 Å². The minimum Gasteiger partial charge on any atom is -0.501 e. The molecule has 0 atom stereocenters. The van der Waals surface area contributed by atoms with Crippen molar-refractivity contribution in [3.8, 4) is 5.75 Å². The minimum absolute atomic E-state index is 0.268. The summed E-state index contributed by atoms with van der Waals surface area (Å²) in [5, 5.41) is 2.68. The molecule has 1 N–H and O–H groups in total. The van der Waals surface area contributed by atoms with E-state index in [4.69, 9.17) is 9.47 Å². The lowest BCUT2D eigenvalue weighted by Crippen LogP contribution is -2.10. The van der Waals surface area contributed by atoms with Crippen LogP contribution in [0.1, 0.15) is 33.1 Å². The molecule has 0 fully saturated rings. The average Bonchev–Trinajstić information content (AvgIpc) is 2.45. The number of esters is 1. The summed E-state index contributed by atoms with van der Waals surface area (Å²) < 4.78 is 10.1. The van der Waals surface area contributed by atoms with E-state index in [0.717, 1.165) is 12.8 Å². The van der Waals surface area contributed by atoms with E-state index in [0.29, 0.717) is 23.6 Å². The first kappa shape index (κ1) is 16.8. The number of rotatable bonds is 7. The molecule has 0 saturated carbocycles. The van der Waals surface area contributed by atoms with E-state index in [1.165, 1.54) is 13.2 Å². The van der Waals surface area contributed by atoms with Crippen LogP contribution in [0.4, 0.5) is 5.69 Å². The maximum absolute atomic E-state index is 11.7. The van der Waals surface area contributed by atoms with Crippen molar-refractivity contribution in [2.45, 2.75) is 33.1 Å². The molecule has 0 spiro atoms. The Balaban J connectivity index is 2.64. The maximum Gasteiger partial charge on any atom is 0.311 e. The molecule has 0 aromatic heterocycles. The van der Waals surface area contributed by atoms with Gasteiger partial charge in [0.05, 0.1) is 12.9 Å². The highest BCUT2D eigenvalue weighted by Gasteiger charge is 2.06. The Kier molecular flexibility index (Phi) is 7.01. The zero-order valence-electron chi connectivity index (χ0n) is 12.6. The number of benzene rings is 1. The fraction of sp³-hybridized carbons (Fsp3) is 0.375. The van der Waals surface area contributed by atoms with Gasteiger partial charge in [-0.25, -0.2) is 0 Å². The van der Waals surface area contributed by atoms with Gasteiger partial charge in [-0.15, -0.1) is 0 Å². The second-order valence-electron chi connectivity index (χ2n) is 4.55. The van der Waals surface area contributed by atoms with Gasteiger partial charge < -0.3 is 14.8 Å². The third kappa shape index (κ3) is 6.61. The highest BCUT2D eigenvalue weighted by molar-refractivity contribution is 5.99. The highest BCUT2D eigenvalue weighted by atomic mass is 16.5. The molecular weight excluding hydrogens is 270 g/mol. The van der Waals surface area contributed by atoms with Crippen LogP contribution < -0.4 is 10.1 Å². The normalized spacial score (nSPS) is 10.9. The van der Waals surface area contributed by atoms with Gasteiger partial charge >= 0.3 is 5.97 Å². The first-order valence-electron chi connectivity index (χ1n) is 6.89. The second-order valence-corrected chi connectivity index (χ2v) is 4.55. The van der Waals surface area contributed by atoms with Gasteiger partial charge in [0.25, 0.3) is 5.91 Å². The topological polar surface area (TPSA) is 64.6 Å². The quantitative estimate of drug-likeness (QED) is 0.362. The summed E-state index contributed by atoms with van der Waals surface area (Å²) in [7, 11) is 1.50. The SMILES string of the molecule is CCCCC(=O)Oc1cccc(NC(=O)/C=C(/C)OC)c1. The number of carbonyl (C=O) groups is 2. The van der Waals surface area contributed by atoms with Crippen molar-refractivity contribution >= 4 is 17.6 Å². The molecule has 21 heavy (non-hydrogen) atoms. The van der Waals surface area contributed by atoms with Crippen LogP contribution in [-0.2, 0) is 14.3 Å². The number of allylic oxidation sites excluding steroid dienone is 1. The minimum atomic E-state index is -0.302. The van der Waals surface area contributed by atoms with Crippen LogP contribution in [0.2, 0.25) is 0 Å². The predicted molar refractivity (Wildman–Crippen MR) is 81.0 cm³/mol. The van der Waals surface area contributed by atoms with E-state index in [-0.39, 0.29) is 11.9 Å². The Hall–Kier alpha value is -2.30. The van der Waals surface area contributed by atoms with Gasteiger partial charge in [-0.2, -0.15) is 0 Å². The van der Waals surface area contributed by atoms with Crippen LogP contribution >= 0.6 is 0 Å². The number of ether oxygens (including phenoxy) is 2. The highest BCUT2D eigenvalue weighted by Crippen LogP contribution is 2.18. The molecule has 1 rings (SSSR count). The molecule has 0 aliphatic carbocycles. The van der Waals surface area contributed by atoms with Gasteiger partial charge in [0, 0.05) is 24.3 Å². The molecule has 0 aliphatic heterocycles. The number of hydrogen-bond donors (Lipinski definition) is 1. The molecule has 5 nitrogen and oxygen atoms in total. The molecule has 0 unspecified atom stereocenters. The van der Waals surface area contributed by atoms with E-state index < -0.39 is 0 Å². The van der Waals surface area contributed by atoms with Crippen LogP contribution in [0.3, 0.4) is 0 Å². The molecular formula is C16H21NO4. The number of anilines is 1. The zero-order valence-corrected chi connectivity index (χ0v) is 12.6. The van der Waals surface area contributed by atoms with E-state index in [1.807, 2.05) is 6.92 Å². The second kappa shape index (κ2) is 8.79. The summed E-state index contributed by atoms with van der Waals surface area (Å²) in [6.45, 7) is 3.70. The van der Waals surface area contributed by atoms with Crippen molar-refractivity contribution in [3.05, 3.63) is 36.1 Å². The summed E-state index contributed by atoms with van der Waals surface area (Å²) in [5.41, 5.74) is 0.556. The van der Waals surface area contributed by atoms with Crippen LogP contribution in [0, 0.1) is 0 Å². The summed E-state index contributed by atoms with van der Waals surface area (Å²) in [5.74, 6) is 0.357. The number of unbranched alkanes of at least 4 members (excludes halogenated alkanes) is 1. The zero-order chi connectivity index (χ0) is 15.7. The van der Waals surface area contributed by atoms with Crippen molar-refractivity contribution in [2.24, 2.45) is 0 Å². The first-order chi connectivity index (χ1) is 10.0. The summed E-state index contributed by atoms with van der Waals surface area (Å²) in [4.78, 5) is 23.2. The molecule has 0 bridgehead atoms. The number of carbonyl (C=O) groups excluding carboxylic acids is 2. The molecule has 0 radical (unpaired) electrons. The van der Waals surface area contributed by atoms with Crippen molar-refractivity contribution in [1.82, 2.24) is 0 Å². The van der Waals surface area contributed by atoms with Crippen LogP contribution in [0.15, 0.2) is 36.1 Å². The lowest BCUT2D eigenvalue weighted by Gasteiger charge is -2.07. The van der Waals surface area contributed by atoms with Crippen LogP contribution in [0.25, 0.3) is 0 Å². The third-order valence-electron chi connectivity index (χ3n) is 2.72. The smallest absolute Gasteiger partial charge is 0.311 e. The van der Waals surface area contributed by atoms with Gasteiger partial charge in [-0.05, 0) is 25.5 Å². The lowest BCUT2D eigenvalue weighted by molar-refractivity contribution is -0.134. The Morgan fingerprint density at radius 2 is 2.10 bits per heavy atom. The molecule has 114 valence electrons. The van der Waals surface area contributed by atoms with E-state index in [9.17, 15) is 9.59 Å². The molecule has 0 heterocycles. The Morgan fingerprint density at radius 1 is 1.33 bits per heavy atom. The van der Waals surface area contributed by atoms with E-state index >= 15 is 0 Å². The molecule has 1 amide bonds. The summed E-state index contributed by atoms with van der Waals surface area (Å²) in [6.07, 6.45) is 3.48. The standard InChI is InChI=1S/C16H21NO4/c1-4-5-9-16(19)21-14-8-6-7-13(11-14)17-15(18)10-12(2)20-3/h6-8,10-11H,4-5,9H2,1-3H3,(H,17,18)/b12-10-. The molecule has 0 aliphatic rings. The Morgan fingerprint density at radius 3 is 2.76 bits per heavy atom. The summed E-state index contributed by atoms with van der Waals surface area (Å²) >= 11 is 0. The largest absolute Gasteiger partial charge is 0.501 e. The van der Waals surface area contributed by atoms with Crippen molar-refractivity contribution < 1.29 is 19.1 Å². The predicted octanol–water partition coefficient (Wildman–Crippen LogP) is 3.27. The number of amides is 1. The van der Waals surface area contributed by atoms with Crippen molar-refractivity contribution in [3.63, 3.8) is 0 Å². The Labute approximate surface area is 124 Å². The number of methoxy groups -OCH3 is 1. The average molecular weight is 291 g/mol. The fourth-order valence-electron chi connectivity index (χ4n) is 1.56. The molecule has 1 aromatic rings.